The van der Waals surface area contributed by atoms with Crippen molar-refractivity contribution in [2.24, 2.45) is 0 Å². The Labute approximate surface area is 123 Å². The summed E-state index contributed by atoms with van der Waals surface area (Å²) in [7, 11) is 4.64. The Morgan fingerprint density at radius 1 is 1.19 bits per heavy atom. The topological polar surface area (TPSA) is 82.9 Å². The molecule has 1 aliphatic carbocycles. The fourth-order valence-electron chi connectivity index (χ4n) is 2.64. The van der Waals surface area contributed by atoms with Gasteiger partial charge in [0.05, 0.1) is 31.3 Å². The molecule has 0 aliphatic heterocycles. The zero-order valence-corrected chi connectivity index (χ0v) is 12.4. The third-order valence-electron chi connectivity index (χ3n) is 3.78. The molecule has 0 spiro atoms. The second kappa shape index (κ2) is 6.62. The Hall–Kier alpha value is -2.02. The van der Waals surface area contributed by atoms with Crippen LogP contribution in [-0.2, 0) is 4.74 Å². The molecule has 7 nitrogen and oxygen atoms in total. The van der Waals surface area contributed by atoms with Gasteiger partial charge in [0.1, 0.15) is 5.69 Å². The maximum absolute atomic E-state index is 11.2. The summed E-state index contributed by atoms with van der Waals surface area (Å²) in [5.74, 6) is 0.808. The van der Waals surface area contributed by atoms with Gasteiger partial charge < -0.3 is 19.5 Å². The first-order valence-electron chi connectivity index (χ1n) is 6.78. The molecule has 0 saturated heterocycles. The van der Waals surface area contributed by atoms with Gasteiger partial charge >= 0.3 is 0 Å². The van der Waals surface area contributed by atoms with Gasteiger partial charge in [0.2, 0.25) is 0 Å². The molecule has 0 heterocycles. The van der Waals surface area contributed by atoms with Crippen molar-refractivity contribution >= 4 is 11.4 Å². The van der Waals surface area contributed by atoms with E-state index in [2.05, 4.69) is 5.32 Å². The summed E-state index contributed by atoms with van der Waals surface area (Å²) in [6.07, 6.45) is 2.92. The smallest absolute Gasteiger partial charge is 0.296 e. The first-order valence-corrected chi connectivity index (χ1v) is 6.78. The van der Waals surface area contributed by atoms with Gasteiger partial charge in [-0.05, 0) is 19.3 Å². The van der Waals surface area contributed by atoms with Crippen LogP contribution in [0.5, 0.6) is 11.5 Å². The molecule has 2 rings (SSSR count). The number of ether oxygens (including phenoxy) is 3. The van der Waals surface area contributed by atoms with Crippen molar-refractivity contribution in [2.45, 2.75) is 31.4 Å². The highest BCUT2D eigenvalue weighted by Gasteiger charge is 2.27. The normalized spacial score (nSPS) is 21.1. The van der Waals surface area contributed by atoms with Crippen molar-refractivity contribution in [1.82, 2.24) is 0 Å². The maximum atomic E-state index is 11.2. The zero-order chi connectivity index (χ0) is 15.4. The molecule has 7 heteroatoms. The summed E-state index contributed by atoms with van der Waals surface area (Å²) in [6, 6.07) is 3.15. The van der Waals surface area contributed by atoms with E-state index >= 15 is 0 Å². The van der Waals surface area contributed by atoms with Gasteiger partial charge in [-0.15, -0.1) is 0 Å². The summed E-state index contributed by atoms with van der Waals surface area (Å²) in [4.78, 5) is 10.8. The van der Waals surface area contributed by atoms with Crippen LogP contribution in [0.4, 0.5) is 11.4 Å². The van der Waals surface area contributed by atoms with E-state index in [0.29, 0.717) is 17.2 Å². The fraction of sp³-hybridized carbons (Fsp3) is 0.571. The number of anilines is 1. The van der Waals surface area contributed by atoms with Crippen molar-refractivity contribution in [2.75, 3.05) is 26.6 Å². The van der Waals surface area contributed by atoms with Gasteiger partial charge in [-0.25, -0.2) is 0 Å². The fourth-order valence-corrected chi connectivity index (χ4v) is 2.64. The van der Waals surface area contributed by atoms with Crippen LogP contribution in [0.3, 0.4) is 0 Å². The summed E-state index contributed by atoms with van der Waals surface area (Å²) in [6.45, 7) is 0. The van der Waals surface area contributed by atoms with E-state index in [4.69, 9.17) is 14.2 Å². The molecule has 1 aromatic rings. The maximum Gasteiger partial charge on any atom is 0.296 e. The van der Waals surface area contributed by atoms with E-state index in [-0.39, 0.29) is 17.8 Å². The number of nitro groups is 1. The van der Waals surface area contributed by atoms with Crippen LogP contribution < -0.4 is 14.8 Å². The van der Waals surface area contributed by atoms with E-state index in [1.165, 1.54) is 20.3 Å². The van der Waals surface area contributed by atoms with Crippen molar-refractivity contribution in [1.29, 1.82) is 0 Å². The predicted molar refractivity (Wildman–Crippen MR) is 78.3 cm³/mol. The Morgan fingerprint density at radius 2 is 1.86 bits per heavy atom. The molecule has 1 N–H and O–H groups in total. The van der Waals surface area contributed by atoms with E-state index in [0.717, 1.165) is 19.3 Å². The molecule has 0 aromatic heterocycles. The van der Waals surface area contributed by atoms with Gasteiger partial charge in [0.15, 0.2) is 11.5 Å². The third kappa shape index (κ3) is 3.36. The summed E-state index contributed by atoms with van der Waals surface area (Å²) in [5.41, 5.74) is 0.424. The molecule has 1 fully saturated rings. The van der Waals surface area contributed by atoms with Crippen LogP contribution >= 0.6 is 0 Å². The van der Waals surface area contributed by atoms with E-state index in [1.807, 2.05) is 0 Å². The molecule has 1 aromatic carbocycles. The molecule has 0 bridgehead atoms. The van der Waals surface area contributed by atoms with Crippen molar-refractivity contribution in [3.63, 3.8) is 0 Å². The minimum Gasteiger partial charge on any atom is -0.493 e. The molecule has 1 aliphatic rings. The molecule has 0 radical (unpaired) electrons. The second-order valence-corrected chi connectivity index (χ2v) is 4.99. The first-order chi connectivity index (χ1) is 10.1. The zero-order valence-electron chi connectivity index (χ0n) is 12.4. The van der Waals surface area contributed by atoms with Crippen LogP contribution in [0.1, 0.15) is 19.3 Å². The number of nitrogens with zero attached hydrogens (tertiary/aromatic N) is 1. The second-order valence-electron chi connectivity index (χ2n) is 4.99. The number of nitro benzene ring substituents is 1. The first kappa shape index (κ1) is 15.4. The van der Waals surface area contributed by atoms with Gasteiger partial charge in [-0.1, -0.05) is 0 Å². The van der Waals surface area contributed by atoms with E-state index < -0.39 is 4.92 Å². The lowest BCUT2D eigenvalue weighted by Gasteiger charge is -2.16. The number of hydrogen-bond acceptors (Lipinski definition) is 6. The molecule has 21 heavy (non-hydrogen) atoms. The van der Waals surface area contributed by atoms with Gasteiger partial charge in [0.25, 0.3) is 5.69 Å². The number of rotatable bonds is 6. The van der Waals surface area contributed by atoms with E-state index in [1.54, 1.807) is 13.2 Å². The van der Waals surface area contributed by atoms with Crippen LogP contribution in [0.15, 0.2) is 12.1 Å². The third-order valence-corrected chi connectivity index (χ3v) is 3.78. The number of nitrogens with one attached hydrogen (secondary N) is 1. The summed E-state index contributed by atoms with van der Waals surface area (Å²) in [5, 5.41) is 14.5. The minimum absolute atomic E-state index is 0.0199. The van der Waals surface area contributed by atoms with Crippen LogP contribution in [0.25, 0.3) is 0 Å². The lowest BCUT2D eigenvalue weighted by Crippen LogP contribution is -2.18. The number of hydrogen-bond donors (Lipinski definition) is 1. The van der Waals surface area contributed by atoms with Gasteiger partial charge in [-0.2, -0.15) is 0 Å². The molecule has 1 saturated carbocycles. The lowest BCUT2D eigenvalue weighted by molar-refractivity contribution is -0.384. The Bertz CT molecular complexity index is 520. The number of methoxy groups -OCH3 is 3. The average molecular weight is 296 g/mol. The average Bonchev–Trinajstić information content (AvgIpc) is 2.94. The Morgan fingerprint density at radius 3 is 2.38 bits per heavy atom. The van der Waals surface area contributed by atoms with Crippen LogP contribution in [-0.4, -0.2) is 38.4 Å². The van der Waals surface area contributed by atoms with Crippen molar-refractivity contribution < 1.29 is 19.1 Å². The minimum atomic E-state index is -0.424. The lowest BCUT2D eigenvalue weighted by atomic mass is 10.2. The molecule has 2 unspecified atom stereocenters. The van der Waals surface area contributed by atoms with Crippen LogP contribution in [0, 0.1) is 10.1 Å². The van der Waals surface area contributed by atoms with Crippen molar-refractivity contribution in [3.05, 3.63) is 22.2 Å². The molecular weight excluding hydrogens is 276 g/mol. The van der Waals surface area contributed by atoms with Crippen molar-refractivity contribution in [3.8, 4) is 11.5 Å². The summed E-state index contributed by atoms with van der Waals surface area (Å²) >= 11 is 0. The Kier molecular flexibility index (Phi) is 4.85. The monoisotopic (exact) mass is 296 g/mol. The predicted octanol–water partition coefficient (Wildman–Crippen LogP) is 2.59. The largest absolute Gasteiger partial charge is 0.493 e. The highest BCUT2D eigenvalue weighted by Crippen LogP contribution is 2.39. The molecular formula is C14H20N2O5. The van der Waals surface area contributed by atoms with Gasteiger partial charge in [-0.3, -0.25) is 10.1 Å². The highest BCUT2D eigenvalue weighted by molar-refractivity contribution is 5.68. The quantitative estimate of drug-likeness (QED) is 0.641. The number of benzene rings is 1. The SMILES string of the molecule is COc1cc(NC2CCC(OC)C2)c([N+](=O)[O-])cc1OC. The standard InChI is InChI=1S/C14H20N2O5/c1-19-10-5-4-9(6-10)15-11-7-13(20-2)14(21-3)8-12(11)16(17)18/h7-10,15H,4-6H2,1-3H3. The Balaban J connectivity index is 2.26. The molecule has 2 atom stereocenters. The summed E-state index contributed by atoms with van der Waals surface area (Å²) < 4.78 is 15.6. The van der Waals surface area contributed by atoms with Crippen LogP contribution in [0.2, 0.25) is 0 Å². The van der Waals surface area contributed by atoms with E-state index in [9.17, 15) is 10.1 Å². The highest BCUT2D eigenvalue weighted by atomic mass is 16.6. The molecule has 0 amide bonds. The molecule has 116 valence electrons. The van der Waals surface area contributed by atoms with Gasteiger partial charge in [0, 0.05) is 19.2 Å².